The van der Waals surface area contributed by atoms with Crippen molar-refractivity contribution < 1.29 is 9.53 Å². The first-order valence-corrected chi connectivity index (χ1v) is 7.98. The third kappa shape index (κ3) is 3.56. The minimum absolute atomic E-state index is 0.0220. The monoisotopic (exact) mass is 357 g/mol. The summed E-state index contributed by atoms with van der Waals surface area (Å²) in [6.07, 6.45) is 0. The summed E-state index contributed by atoms with van der Waals surface area (Å²) in [5, 5.41) is 10.9. The summed E-state index contributed by atoms with van der Waals surface area (Å²) in [4.78, 5) is 12.4. The van der Waals surface area contributed by atoms with Crippen LogP contribution < -0.4 is 15.8 Å². The second-order valence-corrected chi connectivity index (χ2v) is 5.50. The predicted octanol–water partition coefficient (Wildman–Crippen LogP) is 3.15. The van der Waals surface area contributed by atoms with E-state index in [0.29, 0.717) is 23.0 Å². The third-order valence-corrected chi connectivity index (χ3v) is 3.76. The fourth-order valence-corrected chi connectivity index (χ4v) is 2.42. The summed E-state index contributed by atoms with van der Waals surface area (Å²) in [5.41, 5.74) is 7.21. The summed E-state index contributed by atoms with van der Waals surface area (Å²) in [6, 6.07) is 14.1. The number of carbonyl (C=O) groups is 1. The number of benzene rings is 2. The topological polar surface area (TPSA) is 95.1 Å². The number of nitrogen functional groups attached to an aromatic ring is 1. The molecule has 0 aliphatic heterocycles. The van der Waals surface area contributed by atoms with Crippen molar-refractivity contribution in [2.24, 2.45) is 0 Å². The largest absolute Gasteiger partial charge is 0.494 e. The maximum atomic E-state index is 12.4. The van der Waals surface area contributed by atoms with E-state index in [1.54, 1.807) is 48.5 Å². The summed E-state index contributed by atoms with van der Waals surface area (Å²) in [7, 11) is 0. The fraction of sp³-hybridized carbons (Fsp3) is 0.118. The Kier molecular flexibility index (Phi) is 4.85. The highest BCUT2D eigenvalue weighted by molar-refractivity contribution is 6.33. The van der Waals surface area contributed by atoms with Crippen molar-refractivity contribution >= 4 is 29.0 Å². The van der Waals surface area contributed by atoms with Gasteiger partial charge >= 0.3 is 0 Å². The third-order valence-electron chi connectivity index (χ3n) is 3.43. The van der Waals surface area contributed by atoms with Crippen LogP contribution in [0.5, 0.6) is 5.75 Å². The Morgan fingerprint density at radius 2 is 1.96 bits per heavy atom. The van der Waals surface area contributed by atoms with Crippen LogP contribution in [0.4, 0.5) is 11.5 Å². The van der Waals surface area contributed by atoms with E-state index >= 15 is 0 Å². The molecular weight excluding hydrogens is 342 g/mol. The van der Waals surface area contributed by atoms with Gasteiger partial charge in [0.2, 0.25) is 0 Å². The molecule has 0 saturated carbocycles. The number of para-hydroxylation sites is 1. The van der Waals surface area contributed by atoms with Gasteiger partial charge in [0.15, 0.2) is 11.5 Å². The Hall–Kier alpha value is -3.06. The minimum Gasteiger partial charge on any atom is -0.494 e. The number of rotatable bonds is 5. The predicted molar refractivity (Wildman–Crippen MR) is 96.3 cm³/mol. The molecule has 0 saturated heterocycles. The summed E-state index contributed by atoms with van der Waals surface area (Å²) in [5.74, 6) is 0.387. The van der Waals surface area contributed by atoms with E-state index < -0.39 is 5.91 Å². The number of hydrogen-bond donors (Lipinski definition) is 2. The van der Waals surface area contributed by atoms with E-state index in [1.165, 1.54) is 4.68 Å². The molecule has 0 unspecified atom stereocenters. The molecule has 25 heavy (non-hydrogen) atoms. The number of nitrogens with zero attached hydrogens (tertiary/aromatic N) is 3. The van der Waals surface area contributed by atoms with E-state index in [2.05, 4.69) is 15.6 Å². The van der Waals surface area contributed by atoms with Crippen LogP contribution in [0.2, 0.25) is 5.02 Å². The van der Waals surface area contributed by atoms with Gasteiger partial charge in [-0.25, -0.2) is 0 Å². The highest BCUT2D eigenvalue weighted by Crippen LogP contribution is 2.23. The second kappa shape index (κ2) is 7.23. The van der Waals surface area contributed by atoms with Crippen LogP contribution in [0.3, 0.4) is 0 Å². The number of ether oxygens (including phenoxy) is 1. The maximum Gasteiger partial charge on any atom is 0.280 e. The van der Waals surface area contributed by atoms with E-state index in [4.69, 9.17) is 22.1 Å². The Morgan fingerprint density at radius 3 is 2.64 bits per heavy atom. The number of amides is 1. The maximum absolute atomic E-state index is 12.4. The van der Waals surface area contributed by atoms with Crippen molar-refractivity contribution in [2.45, 2.75) is 6.92 Å². The molecule has 1 heterocycles. The quantitative estimate of drug-likeness (QED) is 0.731. The molecule has 0 aliphatic rings. The van der Waals surface area contributed by atoms with Gasteiger partial charge in [0, 0.05) is 0 Å². The number of carbonyl (C=O) groups excluding carboxylic acids is 1. The minimum atomic E-state index is -0.484. The Balaban J connectivity index is 1.83. The fourth-order valence-electron chi connectivity index (χ4n) is 2.24. The molecule has 0 aliphatic carbocycles. The molecule has 3 N–H and O–H groups in total. The lowest BCUT2D eigenvalue weighted by atomic mass is 10.3. The summed E-state index contributed by atoms with van der Waals surface area (Å²) < 4.78 is 6.78. The van der Waals surface area contributed by atoms with Crippen LogP contribution in [0.15, 0.2) is 48.5 Å². The SMILES string of the molecule is CCOc1ccc(-n2nnc(C(=O)Nc3ccccc3Cl)c2N)cc1. The molecule has 0 spiro atoms. The van der Waals surface area contributed by atoms with Gasteiger partial charge in [-0.15, -0.1) is 5.10 Å². The van der Waals surface area contributed by atoms with Gasteiger partial charge in [0.05, 0.1) is 23.0 Å². The number of halogens is 1. The van der Waals surface area contributed by atoms with Gasteiger partial charge in [-0.05, 0) is 43.3 Å². The van der Waals surface area contributed by atoms with Crippen molar-refractivity contribution in [3.63, 3.8) is 0 Å². The molecule has 128 valence electrons. The zero-order valence-corrected chi connectivity index (χ0v) is 14.2. The van der Waals surface area contributed by atoms with Gasteiger partial charge in [0.1, 0.15) is 5.75 Å². The van der Waals surface area contributed by atoms with E-state index in [1.807, 2.05) is 6.92 Å². The molecule has 8 heteroatoms. The first-order chi connectivity index (χ1) is 12.1. The highest BCUT2D eigenvalue weighted by atomic mass is 35.5. The highest BCUT2D eigenvalue weighted by Gasteiger charge is 2.19. The Morgan fingerprint density at radius 1 is 1.24 bits per heavy atom. The molecule has 3 rings (SSSR count). The number of nitrogens with one attached hydrogen (secondary N) is 1. The van der Waals surface area contributed by atoms with Gasteiger partial charge in [-0.3, -0.25) is 4.79 Å². The molecule has 0 radical (unpaired) electrons. The van der Waals surface area contributed by atoms with Crippen molar-refractivity contribution in [3.8, 4) is 11.4 Å². The molecule has 7 nitrogen and oxygen atoms in total. The number of aromatic nitrogens is 3. The van der Waals surface area contributed by atoms with E-state index in [0.717, 1.165) is 5.75 Å². The molecule has 0 atom stereocenters. The summed E-state index contributed by atoms with van der Waals surface area (Å²) >= 11 is 6.04. The zero-order valence-electron chi connectivity index (χ0n) is 13.4. The van der Waals surface area contributed by atoms with Crippen molar-refractivity contribution in [2.75, 3.05) is 17.7 Å². The molecule has 3 aromatic rings. The van der Waals surface area contributed by atoms with Crippen molar-refractivity contribution in [3.05, 3.63) is 59.2 Å². The molecular formula is C17H16ClN5O2. The van der Waals surface area contributed by atoms with Gasteiger partial charge in [0.25, 0.3) is 5.91 Å². The molecule has 0 fully saturated rings. The normalized spacial score (nSPS) is 10.5. The van der Waals surface area contributed by atoms with Crippen molar-refractivity contribution in [1.29, 1.82) is 0 Å². The first kappa shape index (κ1) is 16.8. The van der Waals surface area contributed by atoms with Gasteiger partial charge < -0.3 is 15.8 Å². The lowest BCUT2D eigenvalue weighted by Gasteiger charge is -2.07. The van der Waals surface area contributed by atoms with Crippen LogP contribution in [0, 0.1) is 0 Å². The number of hydrogen-bond acceptors (Lipinski definition) is 5. The first-order valence-electron chi connectivity index (χ1n) is 7.60. The van der Waals surface area contributed by atoms with E-state index in [-0.39, 0.29) is 11.5 Å². The lowest BCUT2D eigenvalue weighted by Crippen LogP contribution is -2.15. The molecule has 2 aromatic carbocycles. The standard InChI is InChI=1S/C17H16ClN5O2/c1-2-25-12-9-7-11(8-10-12)23-16(19)15(21-22-23)17(24)20-14-6-4-3-5-13(14)18/h3-10H,2,19H2,1H3,(H,20,24). The van der Waals surface area contributed by atoms with Crippen LogP contribution in [0.25, 0.3) is 5.69 Å². The average molecular weight is 358 g/mol. The number of anilines is 2. The van der Waals surface area contributed by atoms with E-state index in [9.17, 15) is 4.79 Å². The molecule has 1 aromatic heterocycles. The second-order valence-electron chi connectivity index (χ2n) is 5.10. The zero-order chi connectivity index (χ0) is 17.8. The molecule has 1 amide bonds. The lowest BCUT2D eigenvalue weighted by molar-refractivity contribution is 0.102. The van der Waals surface area contributed by atoms with Crippen LogP contribution in [-0.2, 0) is 0 Å². The van der Waals surface area contributed by atoms with Crippen LogP contribution >= 0.6 is 11.6 Å². The smallest absolute Gasteiger partial charge is 0.280 e. The van der Waals surface area contributed by atoms with Crippen LogP contribution in [-0.4, -0.2) is 27.5 Å². The van der Waals surface area contributed by atoms with Gasteiger partial charge in [-0.1, -0.05) is 28.9 Å². The van der Waals surface area contributed by atoms with Crippen LogP contribution in [0.1, 0.15) is 17.4 Å². The van der Waals surface area contributed by atoms with Crippen molar-refractivity contribution in [1.82, 2.24) is 15.0 Å². The van der Waals surface area contributed by atoms with Gasteiger partial charge in [-0.2, -0.15) is 4.68 Å². The Labute approximate surface area is 149 Å². The molecule has 0 bridgehead atoms. The average Bonchev–Trinajstić information content (AvgIpc) is 2.99. The Bertz CT molecular complexity index is 892. The summed E-state index contributed by atoms with van der Waals surface area (Å²) in [6.45, 7) is 2.49. The number of nitrogens with two attached hydrogens (primary N) is 1.